The molecule has 0 aliphatic carbocycles. The fraction of sp³-hybridized carbons (Fsp3) is 0.468. The van der Waals surface area contributed by atoms with Crippen LogP contribution in [-0.2, 0) is 69.9 Å². The van der Waals surface area contributed by atoms with Crippen molar-refractivity contribution in [2.75, 3.05) is 180 Å². The summed E-state index contributed by atoms with van der Waals surface area (Å²) in [5, 5.41) is 15.7. The molecule has 26 nitrogen and oxygen atoms in total. The van der Waals surface area contributed by atoms with E-state index in [-0.39, 0.29) is 69.4 Å². The van der Waals surface area contributed by atoms with Gasteiger partial charge in [0, 0.05) is 85.1 Å². The number of benzene rings is 4. The number of piperazine rings is 1. The first kappa shape index (κ1) is 69.7. The number of methoxy groups -OCH3 is 1. The number of aromatic nitrogens is 2. The fourth-order valence-corrected chi connectivity index (χ4v) is 11.3. The first-order valence-corrected chi connectivity index (χ1v) is 33.3. The zero-order valence-electron chi connectivity index (χ0n) is 51.3. The summed E-state index contributed by atoms with van der Waals surface area (Å²) in [6.07, 6.45) is 1.95. The van der Waals surface area contributed by atoms with E-state index < -0.39 is 25.1 Å². The maximum absolute atomic E-state index is 13.0. The molecule has 4 aromatic carbocycles. The third-order valence-corrected chi connectivity index (χ3v) is 16.5. The van der Waals surface area contributed by atoms with Gasteiger partial charge in [-0.15, -0.1) is 0 Å². The van der Waals surface area contributed by atoms with Crippen LogP contribution in [0.1, 0.15) is 34.3 Å². The van der Waals surface area contributed by atoms with Gasteiger partial charge in [0.05, 0.1) is 124 Å². The first-order valence-electron chi connectivity index (χ1n) is 29.9. The second-order valence-electron chi connectivity index (χ2n) is 21.3. The summed E-state index contributed by atoms with van der Waals surface area (Å²) in [7, 11) is -0.987. The van der Waals surface area contributed by atoms with Crippen molar-refractivity contribution in [3.8, 4) is 11.5 Å². The predicted molar refractivity (Wildman–Crippen MR) is 343 cm³/mol. The molecule has 5 aromatic rings. The smallest absolute Gasteiger partial charge is 0.319 e. The van der Waals surface area contributed by atoms with Crippen molar-refractivity contribution < 1.29 is 75.9 Å². The highest BCUT2D eigenvalue weighted by Crippen LogP contribution is 2.39. The van der Waals surface area contributed by atoms with Crippen LogP contribution in [0.2, 0.25) is 10.0 Å². The van der Waals surface area contributed by atoms with Crippen LogP contribution in [-0.4, -0.2) is 214 Å². The van der Waals surface area contributed by atoms with Gasteiger partial charge in [-0.3, -0.25) is 24.5 Å². The summed E-state index contributed by atoms with van der Waals surface area (Å²) in [6.45, 7) is 12.2. The Balaban J connectivity index is 0.556. The standard InChI is InChI=1S/C62H79Cl2N10O16P/c1-81-54-38-47(9-11-51(54)69-61-65-40-50(64)58(71-61)68-52-6-4-5-7-55(52)91(2,3)80)72-14-16-73(17-15-72)57(76)42-89-31-30-87-27-26-85-23-22-83-19-18-82-20-21-84-24-25-86-28-29-88-32-33-90-48-36-45(63)35-46(37-48)67-62(79)66-39-43-8-10-49-44(34-43)41-74(60(49)78)53-12-13-56(75)70-59(53)77/h4-11,34-38,40,53H,12-33,39,41-42H2,1-3H3,(H2,66,67,79)(H,70,75,77)(H2,65,68,69,71). The van der Waals surface area contributed by atoms with Crippen LogP contribution in [0.15, 0.2) is 85.1 Å². The number of nitrogens with one attached hydrogen (secondary N) is 5. The molecule has 0 saturated carbocycles. The third kappa shape index (κ3) is 22.3. The maximum atomic E-state index is 13.0. The normalized spacial score (nSPS) is 14.9. The lowest BCUT2D eigenvalue weighted by atomic mass is 10.0. The minimum absolute atomic E-state index is 0.0268. The van der Waals surface area contributed by atoms with Gasteiger partial charge in [-0.25, -0.2) is 9.78 Å². The Labute approximate surface area is 538 Å². The van der Waals surface area contributed by atoms with Gasteiger partial charge in [0.2, 0.25) is 23.7 Å². The molecule has 0 radical (unpaired) electrons. The van der Waals surface area contributed by atoms with Crippen LogP contribution >= 0.6 is 30.3 Å². The average molecular weight is 1320 g/mol. The topological polar surface area (TPSA) is 290 Å². The molecule has 0 bridgehead atoms. The molecule has 91 heavy (non-hydrogen) atoms. The summed E-state index contributed by atoms with van der Waals surface area (Å²) >= 11 is 12.8. The zero-order chi connectivity index (χ0) is 64.4. The van der Waals surface area contributed by atoms with Gasteiger partial charge >= 0.3 is 6.03 Å². The highest BCUT2D eigenvalue weighted by atomic mass is 35.5. The molecule has 3 aliphatic heterocycles. The van der Waals surface area contributed by atoms with Crippen LogP contribution in [0.4, 0.5) is 39.3 Å². The third-order valence-electron chi connectivity index (χ3n) is 14.4. The second-order valence-corrected chi connectivity index (χ2v) is 25.4. The van der Waals surface area contributed by atoms with E-state index in [9.17, 15) is 28.5 Å². The highest BCUT2D eigenvalue weighted by molar-refractivity contribution is 7.70. The number of anilines is 6. The fourth-order valence-electron chi connectivity index (χ4n) is 9.83. The minimum Gasteiger partial charge on any atom is -0.494 e. The zero-order valence-corrected chi connectivity index (χ0v) is 53.7. The molecule has 4 heterocycles. The number of halogens is 2. The Morgan fingerprint density at radius 1 is 0.703 bits per heavy atom. The van der Waals surface area contributed by atoms with Crippen molar-refractivity contribution in [2.45, 2.75) is 32.0 Å². The summed E-state index contributed by atoms with van der Waals surface area (Å²) in [5.41, 5.74) is 4.68. The Kier molecular flexibility index (Phi) is 27.7. The van der Waals surface area contributed by atoms with E-state index in [0.717, 1.165) is 16.8 Å². The number of carbonyl (C=O) groups excluding carboxylic acids is 5. The second kappa shape index (κ2) is 36.1. The number of rotatable bonds is 38. The van der Waals surface area contributed by atoms with Crippen molar-refractivity contribution in [2.24, 2.45) is 0 Å². The van der Waals surface area contributed by atoms with Crippen LogP contribution in [0, 0.1) is 0 Å². The molecule has 492 valence electrons. The van der Waals surface area contributed by atoms with Crippen LogP contribution in [0.3, 0.4) is 0 Å². The summed E-state index contributed by atoms with van der Waals surface area (Å²) in [6, 6.07) is 22.1. The minimum atomic E-state index is -2.58. The van der Waals surface area contributed by atoms with E-state index in [1.165, 1.54) is 11.1 Å². The molecule has 0 spiro atoms. The number of hydrogen-bond donors (Lipinski definition) is 5. The quantitative estimate of drug-likeness (QED) is 0.0161. The molecule has 2 fully saturated rings. The molecule has 3 aliphatic rings. The van der Waals surface area contributed by atoms with Gasteiger partial charge in [-0.05, 0) is 73.3 Å². The van der Waals surface area contributed by atoms with Gasteiger partial charge in [0.15, 0.2) is 5.82 Å². The number of fused-ring (bicyclic) bond motifs is 1. The molecular formula is C62H79Cl2N10O16P. The van der Waals surface area contributed by atoms with Gasteiger partial charge in [-0.1, -0.05) is 47.5 Å². The van der Waals surface area contributed by atoms with E-state index in [1.54, 1.807) is 55.7 Å². The Morgan fingerprint density at radius 3 is 1.96 bits per heavy atom. The lowest BCUT2D eigenvalue weighted by molar-refractivity contribution is -0.138. The number of nitrogens with zero attached hydrogens (tertiary/aromatic N) is 5. The average Bonchev–Trinajstić information content (AvgIpc) is 1.72. The van der Waals surface area contributed by atoms with Crippen LogP contribution < -0.4 is 46.3 Å². The number of amides is 6. The number of urea groups is 1. The maximum Gasteiger partial charge on any atom is 0.319 e. The van der Waals surface area contributed by atoms with Crippen LogP contribution in [0.25, 0.3) is 0 Å². The molecular weight excluding hydrogens is 1240 g/mol. The molecule has 2 saturated heterocycles. The number of piperidine rings is 1. The van der Waals surface area contributed by atoms with Gasteiger partial charge in [0.1, 0.15) is 42.9 Å². The summed E-state index contributed by atoms with van der Waals surface area (Å²) < 4.78 is 69.1. The summed E-state index contributed by atoms with van der Waals surface area (Å²) in [5.74, 6) is 0.532. The molecule has 8 rings (SSSR count). The van der Waals surface area contributed by atoms with E-state index in [1.807, 2.05) is 48.5 Å². The lowest BCUT2D eigenvalue weighted by Gasteiger charge is -2.36. The number of para-hydroxylation sites is 1. The van der Waals surface area contributed by atoms with Gasteiger partial charge < -0.3 is 87.9 Å². The van der Waals surface area contributed by atoms with Gasteiger partial charge in [-0.2, -0.15) is 4.98 Å². The van der Waals surface area contributed by atoms with E-state index >= 15 is 0 Å². The SMILES string of the molecule is COc1cc(N2CCN(C(=O)COCCOCCOCCOCCOCCOCCOCCOCCOc3cc(Cl)cc(NC(=O)NCc4ccc5c(c4)CN(C4CCC(=O)NC4=O)C5=O)c3)CC2)ccc1Nc1ncc(Cl)c(Nc2ccccc2P(C)(C)=O)n1. The van der Waals surface area contributed by atoms with Crippen molar-refractivity contribution in [3.63, 3.8) is 0 Å². The van der Waals surface area contributed by atoms with Crippen molar-refractivity contribution >= 4 is 99.8 Å². The van der Waals surface area contributed by atoms with E-state index in [0.29, 0.717) is 174 Å². The summed E-state index contributed by atoms with van der Waals surface area (Å²) in [4.78, 5) is 77.1. The van der Waals surface area contributed by atoms with Crippen LogP contribution in [0.5, 0.6) is 11.5 Å². The monoisotopic (exact) mass is 1320 g/mol. The largest absolute Gasteiger partial charge is 0.494 e. The molecule has 1 aromatic heterocycles. The van der Waals surface area contributed by atoms with E-state index in [2.05, 4.69) is 41.5 Å². The Morgan fingerprint density at radius 2 is 1.33 bits per heavy atom. The van der Waals surface area contributed by atoms with Crippen molar-refractivity contribution in [1.82, 2.24) is 30.4 Å². The Hall–Kier alpha value is -7.20. The molecule has 29 heteroatoms. The predicted octanol–water partition coefficient (Wildman–Crippen LogP) is 6.47. The number of carbonyl (C=O) groups is 5. The highest BCUT2D eigenvalue weighted by Gasteiger charge is 2.39. The molecule has 1 unspecified atom stereocenters. The van der Waals surface area contributed by atoms with Crippen molar-refractivity contribution in [3.05, 3.63) is 112 Å². The lowest BCUT2D eigenvalue weighted by Crippen LogP contribution is -2.52. The van der Waals surface area contributed by atoms with E-state index in [4.69, 9.17) is 70.6 Å². The molecule has 5 N–H and O–H groups in total. The van der Waals surface area contributed by atoms with Crippen molar-refractivity contribution in [1.29, 1.82) is 0 Å². The first-order chi connectivity index (χ1) is 44.1. The molecule has 1 atom stereocenters. The molecule has 6 amide bonds. The van der Waals surface area contributed by atoms with Gasteiger partial charge in [0.25, 0.3) is 5.91 Å². The Bertz CT molecular complexity index is 3290. The number of imide groups is 1. The number of ether oxygens (including phenoxy) is 10. The number of hydrogen-bond acceptors (Lipinski definition) is 21.